The molecule has 0 aliphatic heterocycles. The number of nitrogens with two attached hydrogens (primary N) is 1. The Hall–Kier alpha value is -1.23. The highest BCUT2D eigenvalue weighted by Crippen LogP contribution is 2.32. The molecule has 2 N–H and O–H groups in total. The topological polar surface area (TPSA) is 35.2 Å². The molecule has 1 aromatic carbocycles. The maximum absolute atomic E-state index is 12.7. The number of aryl methyl sites for hydroxylation is 1. The first-order valence-electron chi connectivity index (χ1n) is 6.37. The summed E-state index contributed by atoms with van der Waals surface area (Å²) in [6.45, 7) is 0.0761. The number of ether oxygens (including phenoxy) is 1. The molecular formula is C14H20F3NO. The van der Waals surface area contributed by atoms with E-state index in [1.165, 1.54) is 0 Å². The van der Waals surface area contributed by atoms with Crippen molar-refractivity contribution in [3.63, 3.8) is 0 Å². The second kappa shape index (κ2) is 7.38. The van der Waals surface area contributed by atoms with Gasteiger partial charge in [0.25, 0.3) is 0 Å². The summed E-state index contributed by atoms with van der Waals surface area (Å²) in [5.74, 6) is -0.532. The summed E-state index contributed by atoms with van der Waals surface area (Å²) in [6.07, 6.45) is -2.85. The van der Waals surface area contributed by atoms with Crippen molar-refractivity contribution in [2.75, 3.05) is 13.7 Å². The van der Waals surface area contributed by atoms with Crippen LogP contribution >= 0.6 is 0 Å². The van der Waals surface area contributed by atoms with Gasteiger partial charge in [-0.15, -0.1) is 0 Å². The van der Waals surface area contributed by atoms with Crippen LogP contribution in [-0.2, 0) is 6.42 Å². The van der Waals surface area contributed by atoms with E-state index in [9.17, 15) is 13.2 Å². The molecule has 0 bridgehead atoms. The summed E-state index contributed by atoms with van der Waals surface area (Å²) in [5, 5.41) is 0. The zero-order valence-corrected chi connectivity index (χ0v) is 11.0. The van der Waals surface area contributed by atoms with E-state index in [0.29, 0.717) is 12.8 Å². The summed E-state index contributed by atoms with van der Waals surface area (Å²) < 4.78 is 43.0. The van der Waals surface area contributed by atoms with Gasteiger partial charge in [-0.25, -0.2) is 0 Å². The second-order valence-electron chi connectivity index (χ2n) is 4.56. The fourth-order valence-corrected chi connectivity index (χ4v) is 2.02. The number of rotatable bonds is 7. The van der Waals surface area contributed by atoms with Crippen LogP contribution < -0.4 is 10.5 Å². The van der Waals surface area contributed by atoms with Crippen molar-refractivity contribution in [3.8, 4) is 5.75 Å². The molecule has 19 heavy (non-hydrogen) atoms. The van der Waals surface area contributed by atoms with Crippen LogP contribution in [0.15, 0.2) is 24.3 Å². The Morgan fingerprint density at radius 2 is 1.79 bits per heavy atom. The first-order chi connectivity index (χ1) is 8.97. The summed E-state index contributed by atoms with van der Waals surface area (Å²) in [4.78, 5) is 0. The lowest BCUT2D eigenvalue weighted by atomic mass is 9.96. The van der Waals surface area contributed by atoms with E-state index < -0.39 is 12.1 Å². The zero-order valence-electron chi connectivity index (χ0n) is 11.0. The SMILES string of the molecule is COc1ccc(CCCC(CCN)C(F)(F)F)cc1. The lowest BCUT2D eigenvalue weighted by molar-refractivity contribution is -0.177. The molecule has 0 amide bonds. The minimum atomic E-state index is -4.14. The third-order valence-corrected chi connectivity index (χ3v) is 3.16. The number of hydrogen-bond acceptors (Lipinski definition) is 2. The van der Waals surface area contributed by atoms with Gasteiger partial charge in [0.05, 0.1) is 13.0 Å². The van der Waals surface area contributed by atoms with Gasteiger partial charge >= 0.3 is 6.18 Å². The summed E-state index contributed by atoms with van der Waals surface area (Å²) >= 11 is 0. The molecule has 0 radical (unpaired) electrons. The van der Waals surface area contributed by atoms with E-state index in [0.717, 1.165) is 11.3 Å². The van der Waals surface area contributed by atoms with Crippen LogP contribution in [-0.4, -0.2) is 19.8 Å². The van der Waals surface area contributed by atoms with E-state index in [2.05, 4.69) is 0 Å². The second-order valence-corrected chi connectivity index (χ2v) is 4.56. The number of halogens is 3. The lowest BCUT2D eigenvalue weighted by Gasteiger charge is -2.19. The molecule has 0 fully saturated rings. The number of alkyl halides is 3. The van der Waals surface area contributed by atoms with E-state index in [1.54, 1.807) is 7.11 Å². The molecule has 0 saturated carbocycles. The van der Waals surface area contributed by atoms with E-state index in [1.807, 2.05) is 24.3 Å². The summed E-state index contributed by atoms with van der Waals surface area (Å²) in [6, 6.07) is 7.39. The minimum absolute atomic E-state index is 0.00606. The first-order valence-corrected chi connectivity index (χ1v) is 6.37. The van der Waals surface area contributed by atoms with Gasteiger partial charge in [-0.3, -0.25) is 0 Å². The molecular weight excluding hydrogens is 255 g/mol. The molecule has 2 nitrogen and oxygen atoms in total. The Bertz CT molecular complexity index is 362. The molecule has 0 aromatic heterocycles. The molecule has 0 saturated heterocycles. The predicted octanol–water partition coefficient (Wildman–Crippen LogP) is 3.55. The molecule has 0 aliphatic carbocycles. The molecule has 1 rings (SSSR count). The fraction of sp³-hybridized carbons (Fsp3) is 0.571. The van der Waals surface area contributed by atoms with Gasteiger partial charge in [-0.1, -0.05) is 12.1 Å². The smallest absolute Gasteiger partial charge is 0.391 e. The highest BCUT2D eigenvalue weighted by Gasteiger charge is 2.37. The van der Waals surface area contributed by atoms with E-state index in [4.69, 9.17) is 10.5 Å². The van der Waals surface area contributed by atoms with Crippen LogP contribution in [0, 0.1) is 5.92 Å². The zero-order chi connectivity index (χ0) is 14.3. The van der Waals surface area contributed by atoms with Crippen molar-refractivity contribution in [2.45, 2.75) is 31.9 Å². The van der Waals surface area contributed by atoms with Gasteiger partial charge in [0, 0.05) is 0 Å². The van der Waals surface area contributed by atoms with Crippen molar-refractivity contribution in [1.82, 2.24) is 0 Å². The Labute approximate surface area is 111 Å². The normalized spacial score (nSPS) is 13.3. The maximum Gasteiger partial charge on any atom is 0.391 e. The Morgan fingerprint density at radius 3 is 2.26 bits per heavy atom. The Balaban J connectivity index is 2.42. The number of hydrogen-bond donors (Lipinski definition) is 1. The molecule has 5 heteroatoms. The molecule has 1 aromatic rings. The average molecular weight is 275 g/mol. The molecule has 0 spiro atoms. The number of methoxy groups -OCH3 is 1. The summed E-state index contributed by atoms with van der Waals surface area (Å²) in [7, 11) is 1.58. The van der Waals surface area contributed by atoms with Crippen LogP contribution in [0.1, 0.15) is 24.8 Å². The molecule has 1 atom stereocenters. The molecule has 0 heterocycles. The van der Waals surface area contributed by atoms with Crippen molar-refractivity contribution in [1.29, 1.82) is 0 Å². The maximum atomic E-state index is 12.7. The molecule has 1 unspecified atom stereocenters. The average Bonchev–Trinajstić information content (AvgIpc) is 2.37. The van der Waals surface area contributed by atoms with Gasteiger partial charge in [-0.05, 0) is 49.9 Å². The van der Waals surface area contributed by atoms with Gasteiger partial charge in [0.1, 0.15) is 5.75 Å². The first kappa shape index (κ1) is 15.8. The van der Waals surface area contributed by atoms with Gasteiger partial charge in [0.15, 0.2) is 0 Å². The van der Waals surface area contributed by atoms with Crippen LogP contribution in [0.25, 0.3) is 0 Å². The molecule has 0 aliphatic rings. The van der Waals surface area contributed by atoms with Crippen LogP contribution in [0.4, 0.5) is 13.2 Å². The summed E-state index contributed by atoms with van der Waals surface area (Å²) in [5.41, 5.74) is 6.25. The highest BCUT2D eigenvalue weighted by molar-refractivity contribution is 5.27. The third-order valence-electron chi connectivity index (χ3n) is 3.16. The van der Waals surface area contributed by atoms with Gasteiger partial charge in [0.2, 0.25) is 0 Å². The van der Waals surface area contributed by atoms with Crippen molar-refractivity contribution < 1.29 is 17.9 Å². The highest BCUT2D eigenvalue weighted by atomic mass is 19.4. The Morgan fingerprint density at radius 1 is 1.16 bits per heavy atom. The van der Waals surface area contributed by atoms with Gasteiger partial charge in [-0.2, -0.15) is 13.2 Å². The number of benzene rings is 1. The Kier molecular flexibility index (Phi) is 6.15. The van der Waals surface area contributed by atoms with E-state index in [-0.39, 0.29) is 19.4 Å². The van der Waals surface area contributed by atoms with Gasteiger partial charge < -0.3 is 10.5 Å². The lowest BCUT2D eigenvalue weighted by Crippen LogP contribution is -2.25. The van der Waals surface area contributed by atoms with Crippen molar-refractivity contribution >= 4 is 0 Å². The fourth-order valence-electron chi connectivity index (χ4n) is 2.02. The quantitative estimate of drug-likeness (QED) is 0.826. The monoisotopic (exact) mass is 275 g/mol. The standard InChI is InChI=1S/C14H20F3NO/c1-19-13-7-5-11(6-8-13)3-2-4-12(9-10-18)14(15,16)17/h5-8,12H,2-4,9-10,18H2,1H3. The van der Waals surface area contributed by atoms with Crippen LogP contribution in [0.3, 0.4) is 0 Å². The molecule has 108 valence electrons. The largest absolute Gasteiger partial charge is 0.497 e. The van der Waals surface area contributed by atoms with E-state index >= 15 is 0 Å². The minimum Gasteiger partial charge on any atom is -0.497 e. The van der Waals surface area contributed by atoms with Crippen molar-refractivity contribution in [2.24, 2.45) is 11.7 Å². The van der Waals surface area contributed by atoms with Crippen molar-refractivity contribution in [3.05, 3.63) is 29.8 Å². The third kappa shape index (κ3) is 5.51. The predicted molar refractivity (Wildman–Crippen MR) is 69.1 cm³/mol. The van der Waals surface area contributed by atoms with Crippen LogP contribution in [0.5, 0.6) is 5.75 Å². The van der Waals surface area contributed by atoms with Crippen LogP contribution in [0.2, 0.25) is 0 Å².